The minimum absolute atomic E-state index is 0.163. The van der Waals surface area contributed by atoms with Crippen molar-refractivity contribution in [2.24, 2.45) is 0 Å². The van der Waals surface area contributed by atoms with Gasteiger partial charge in [0.25, 0.3) is 0 Å². The lowest BCUT2D eigenvalue weighted by atomic mass is 10.2. The van der Waals surface area contributed by atoms with Crippen molar-refractivity contribution in [3.05, 3.63) is 16.6 Å². The summed E-state index contributed by atoms with van der Waals surface area (Å²) < 4.78 is 23.8. The molecule has 1 unspecified atom stereocenters. The highest BCUT2D eigenvalue weighted by molar-refractivity contribution is 7.88. The van der Waals surface area contributed by atoms with Crippen LogP contribution in [-0.4, -0.2) is 32.1 Å². The second-order valence-corrected chi connectivity index (χ2v) is 6.25. The van der Waals surface area contributed by atoms with Crippen molar-refractivity contribution in [1.82, 2.24) is 15.0 Å². The van der Waals surface area contributed by atoms with Crippen LogP contribution in [0.3, 0.4) is 0 Å². The first-order valence-corrected chi connectivity index (χ1v) is 7.83. The van der Waals surface area contributed by atoms with Crippen LogP contribution in [0.1, 0.15) is 24.4 Å². The Balaban J connectivity index is 2.49. The van der Waals surface area contributed by atoms with E-state index in [4.69, 9.17) is 0 Å². The number of hydrogen-bond acceptors (Lipinski definition) is 5. The monoisotopic (exact) mass is 277 g/mol. The van der Waals surface area contributed by atoms with Crippen molar-refractivity contribution in [3.63, 3.8) is 0 Å². The zero-order chi connectivity index (χ0) is 12.9. The van der Waals surface area contributed by atoms with Crippen LogP contribution in [0.25, 0.3) is 0 Å². The molecule has 0 spiro atoms. The fourth-order valence-corrected chi connectivity index (χ4v) is 2.35. The van der Waals surface area contributed by atoms with Crippen molar-refractivity contribution >= 4 is 27.3 Å². The quantitative estimate of drug-likeness (QED) is 0.780. The molecule has 1 aromatic heterocycles. The lowest BCUT2D eigenvalue weighted by molar-refractivity contribution is -0.120. The third-order valence-corrected chi connectivity index (χ3v) is 3.55. The lowest BCUT2D eigenvalue weighted by Gasteiger charge is -2.14. The Morgan fingerprint density at radius 3 is 2.76 bits per heavy atom. The van der Waals surface area contributed by atoms with Crippen molar-refractivity contribution in [2.75, 3.05) is 12.8 Å². The molecule has 0 saturated heterocycles. The van der Waals surface area contributed by atoms with Gasteiger partial charge in [0.15, 0.2) is 0 Å². The molecule has 0 radical (unpaired) electrons. The second-order valence-electron chi connectivity index (χ2n) is 3.49. The third kappa shape index (κ3) is 5.24. The predicted octanol–water partition coefficient (Wildman–Crippen LogP) is 0.260. The molecule has 17 heavy (non-hydrogen) atoms. The molecule has 0 saturated carbocycles. The number of carbonyl (C=O) groups is 1. The molecule has 0 aliphatic carbocycles. The molecule has 1 rings (SSSR count). The number of aromatic nitrogens is 1. The molecule has 6 nitrogen and oxygen atoms in total. The van der Waals surface area contributed by atoms with Gasteiger partial charge in [-0.3, -0.25) is 4.79 Å². The first kappa shape index (κ1) is 14.1. The van der Waals surface area contributed by atoms with Crippen LogP contribution in [0, 0.1) is 0 Å². The van der Waals surface area contributed by atoms with E-state index < -0.39 is 10.0 Å². The van der Waals surface area contributed by atoms with E-state index in [0.29, 0.717) is 6.42 Å². The Kier molecular flexibility index (Phi) is 5.03. The van der Waals surface area contributed by atoms with E-state index in [-0.39, 0.29) is 18.5 Å². The Hall–Kier alpha value is -0.990. The van der Waals surface area contributed by atoms with Crippen LogP contribution < -0.4 is 10.0 Å². The Labute approximate surface area is 105 Å². The summed E-state index contributed by atoms with van der Waals surface area (Å²) in [7, 11) is -3.34. The van der Waals surface area contributed by atoms with Crippen molar-refractivity contribution < 1.29 is 13.2 Å². The van der Waals surface area contributed by atoms with Crippen molar-refractivity contribution in [3.8, 4) is 0 Å². The van der Waals surface area contributed by atoms with Crippen LogP contribution in [0.2, 0.25) is 0 Å². The maximum absolute atomic E-state index is 11.5. The molecule has 0 aromatic carbocycles. The molecule has 0 aliphatic rings. The summed E-state index contributed by atoms with van der Waals surface area (Å²) in [5.41, 5.74) is 0. The maximum Gasteiger partial charge on any atom is 0.235 e. The molecule has 96 valence electrons. The van der Waals surface area contributed by atoms with Crippen LogP contribution in [0.5, 0.6) is 0 Å². The van der Waals surface area contributed by atoms with Gasteiger partial charge in [-0.05, 0) is 6.42 Å². The van der Waals surface area contributed by atoms with Crippen molar-refractivity contribution in [2.45, 2.75) is 19.4 Å². The number of hydrogen-bond donors (Lipinski definition) is 2. The van der Waals surface area contributed by atoms with Crippen molar-refractivity contribution in [1.29, 1.82) is 0 Å². The fraction of sp³-hybridized carbons (Fsp3) is 0.556. The van der Waals surface area contributed by atoms with Gasteiger partial charge in [0, 0.05) is 11.6 Å². The van der Waals surface area contributed by atoms with E-state index in [9.17, 15) is 13.2 Å². The van der Waals surface area contributed by atoms with E-state index in [0.717, 1.165) is 11.3 Å². The maximum atomic E-state index is 11.5. The Bertz CT molecular complexity index is 456. The van der Waals surface area contributed by atoms with Gasteiger partial charge >= 0.3 is 0 Å². The summed E-state index contributed by atoms with van der Waals surface area (Å²) in [6.45, 7) is 1.68. The molecule has 0 aliphatic heterocycles. The zero-order valence-corrected chi connectivity index (χ0v) is 11.3. The molecular formula is C9H15N3O3S2. The van der Waals surface area contributed by atoms with E-state index in [1.165, 1.54) is 11.3 Å². The molecule has 0 fully saturated rings. The Morgan fingerprint density at radius 1 is 1.59 bits per heavy atom. The first-order chi connectivity index (χ1) is 7.92. The number of rotatable bonds is 6. The highest BCUT2D eigenvalue weighted by Crippen LogP contribution is 2.18. The first-order valence-electron chi connectivity index (χ1n) is 5.05. The van der Waals surface area contributed by atoms with Crippen LogP contribution in [0.15, 0.2) is 11.6 Å². The van der Waals surface area contributed by atoms with Gasteiger partial charge in [-0.1, -0.05) is 6.92 Å². The molecule has 0 bridgehead atoms. The summed E-state index contributed by atoms with van der Waals surface area (Å²) in [4.78, 5) is 15.6. The largest absolute Gasteiger partial charge is 0.346 e. The average molecular weight is 277 g/mol. The summed E-state index contributed by atoms with van der Waals surface area (Å²) >= 11 is 1.46. The minimum atomic E-state index is -3.34. The van der Waals surface area contributed by atoms with Gasteiger partial charge < -0.3 is 5.32 Å². The summed E-state index contributed by atoms with van der Waals surface area (Å²) in [5, 5.41) is 5.38. The third-order valence-electron chi connectivity index (χ3n) is 1.99. The smallest absolute Gasteiger partial charge is 0.235 e. The number of amides is 1. The molecule has 1 atom stereocenters. The Morgan fingerprint density at radius 2 is 2.29 bits per heavy atom. The molecular weight excluding hydrogens is 262 g/mol. The lowest BCUT2D eigenvalue weighted by Crippen LogP contribution is -2.38. The predicted molar refractivity (Wildman–Crippen MR) is 66.1 cm³/mol. The standard InChI is InChI=1S/C9H15N3O3S2/c1-3-7(9-10-4-5-16-9)12-8(13)6-11-17(2,14)15/h4-5,7,11H,3,6H2,1-2H3,(H,12,13). The number of nitrogens with one attached hydrogen (secondary N) is 2. The molecule has 1 amide bonds. The molecule has 8 heteroatoms. The summed E-state index contributed by atoms with van der Waals surface area (Å²) in [6, 6.07) is -0.163. The van der Waals surface area contributed by atoms with Crippen LogP contribution >= 0.6 is 11.3 Å². The van der Waals surface area contributed by atoms with E-state index in [1.54, 1.807) is 6.20 Å². The normalized spacial score (nSPS) is 13.3. The summed E-state index contributed by atoms with van der Waals surface area (Å²) in [6.07, 6.45) is 3.39. The number of nitrogens with zero attached hydrogens (tertiary/aromatic N) is 1. The van der Waals surface area contributed by atoms with Gasteiger partial charge in [0.05, 0.1) is 18.8 Å². The number of carbonyl (C=O) groups excluding carboxylic acids is 1. The SMILES string of the molecule is CCC(NC(=O)CNS(C)(=O)=O)c1nccs1. The molecule has 2 N–H and O–H groups in total. The highest BCUT2D eigenvalue weighted by Gasteiger charge is 2.15. The van der Waals surface area contributed by atoms with Crippen LogP contribution in [0.4, 0.5) is 0 Å². The topological polar surface area (TPSA) is 88.2 Å². The highest BCUT2D eigenvalue weighted by atomic mass is 32.2. The fourth-order valence-electron chi connectivity index (χ4n) is 1.19. The molecule has 1 heterocycles. The van der Waals surface area contributed by atoms with E-state index >= 15 is 0 Å². The number of sulfonamides is 1. The van der Waals surface area contributed by atoms with E-state index in [2.05, 4.69) is 15.0 Å². The average Bonchev–Trinajstić information content (AvgIpc) is 2.75. The van der Waals surface area contributed by atoms with Gasteiger partial charge in [-0.25, -0.2) is 18.1 Å². The number of thiazole rings is 1. The van der Waals surface area contributed by atoms with Gasteiger partial charge in [0.1, 0.15) is 5.01 Å². The van der Waals surface area contributed by atoms with Gasteiger partial charge in [-0.2, -0.15) is 0 Å². The van der Waals surface area contributed by atoms with Crippen LogP contribution in [-0.2, 0) is 14.8 Å². The van der Waals surface area contributed by atoms with Gasteiger partial charge in [0.2, 0.25) is 15.9 Å². The molecule has 1 aromatic rings. The summed E-state index contributed by atoms with van der Waals surface area (Å²) in [5.74, 6) is -0.363. The van der Waals surface area contributed by atoms with E-state index in [1.807, 2.05) is 12.3 Å². The zero-order valence-electron chi connectivity index (χ0n) is 9.63. The van der Waals surface area contributed by atoms with Gasteiger partial charge in [-0.15, -0.1) is 11.3 Å². The minimum Gasteiger partial charge on any atom is -0.346 e. The second kappa shape index (κ2) is 6.08.